The maximum absolute atomic E-state index is 11.1. The zero-order chi connectivity index (χ0) is 14.7. The number of para-hydroxylation sites is 1. The Balaban J connectivity index is 2.46. The second-order valence-electron chi connectivity index (χ2n) is 3.63. The van der Waals surface area contributed by atoms with Crippen LogP contribution in [-0.2, 0) is 0 Å². The lowest BCUT2D eigenvalue weighted by Gasteiger charge is -2.04. The lowest BCUT2D eigenvalue weighted by Crippen LogP contribution is -2.03. The molecule has 0 radical (unpaired) electrons. The van der Waals surface area contributed by atoms with Gasteiger partial charge in [-0.3, -0.25) is 10.1 Å². The molecule has 0 amide bonds. The van der Waals surface area contributed by atoms with Gasteiger partial charge in [0.05, 0.1) is 9.82 Å². The van der Waals surface area contributed by atoms with E-state index in [2.05, 4.69) is 20.9 Å². The molecule has 20 heavy (non-hydrogen) atoms. The maximum Gasteiger partial charge on any atom is 0.342 e. The molecule has 0 spiro atoms. The molecule has 1 aromatic heterocycles. The molecule has 8 heteroatoms. The highest BCUT2D eigenvalue weighted by Crippen LogP contribution is 2.36. The summed E-state index contributed by atoms with van der Waals surface area (Å²) in [7, 11) is 0. The van der Waals surface area contributed by atoms with Crippen molar-refractivity contribution in [2.24, 2.45) is 0 Å². The van der Waals surface area contributed by atoms with E-state index in [4.69, 9.17) is 5.11 Å². The number of carboxylic acids is 1. The molecular formula is C12H7BrN2O4S. The standard InChI is InChI=1S/C12H7BrN2O4S/c13-7-4-5-10(14-6-7)20-9-3-1-2-8(12(16)17)11(9)15(18)19/h1-6H,(H,16,17). The van der Waals surface area contributed by atoms with Gasteiger partial charge in [-0.05, 0) is 40.2 Å². The Kier molecular flexibility index (Phi) is 4.35. The number of rotatable bonds is 4. The van der Waals surface area contributed by atoms with E-state index in [0.717, 1.165) is 16.2 Å². The number of aromatic carboxylic acids is 1. The van der Waals surface area contributed by atoms with Crippen molar-refractivity contribution in [2.45, 2.75) is 9.92 Å². The van der Waals surface area contributed by atoms with Crippen molar-refractivity contribution in [1.82, 2.24) is 4.98 Å². The largest absolute Gasteiger partial charge is 0.477 e. The van der Waals surface area contributed by atoms with Crippen LogP contribution in [0.3, 0.4) is 0 Å². The van der Waals surface area contributed by atoms with Crippen LogP contribution in [0.2, 0.25) is 0 Å². The van der Waals surface area contributed by atoms with Crippen molar-refractivity contribution in [3.05, 3.63) is 56.7 Å². The van der Waals surface area contributed by atoms with E-state index < -0.39 is 16.6 Å². The van der Waals surface area contributed by atoms with E-state index >= 15 is 0 Å². The van der Waals surface area contributed by atoms with Crippen molar-refractivity contribution in [3.8, 4) is 0 Å². The van der Waals surface area contributed by atoms with Crippen LogP contribution < -0.4 is 0 Å². The van der Waals surface area contributed by atoms with E-state index in [1.165, 1.54) is 18.2 Å². The summed E-state index contributed by atoms with van der Waals surface area (Å²) in [6, 6.07) is 7.62. The maximum atomic E-state index is 11.1. The highest BCUT2D eigenvalue weighted by molar-refractivity contribution is 9.10. The molecule has 1 aromatic carbocycles. The zero-order valence-corrected chi connectivity index (χ0v) is 12.2. The number of carbonyl (C=O) groups is 1. The third-order valence-corrected chi connectivity index (χ3v) is 3.80. The third-order valence-electron chi connectivity index (χ3n) is 2.33. The summed E-state index contributed by atoms with van der Waals surface area (Å²) < 4.78 is 0.788. The molecule has 0 saturated carbocycles. The number of carboxylic acid groups (broad SMARTS) is 1. The van der Waals surface area contributed by atoms with Gasteiger partial charge < -0.3 is 5.11 Å². The van der Waals surface area contributed by atoms with Gasteiger partial charge in [0.15, 0.2) is 0 Å². The Morgan fingerprint density at radius 2 is 2.10 bits per heavy atom. The molecule has 0 aliphatic rings. The summed E-state index contributed by atoms with van der Waals surface area (Å²) in [6.07, 6.45) is 1.56. The van der Waals surface area contributed by atoms with Gasteiger partial charge in [0.1, 0.15) is 10.6 Å². The summed E-state index contributed by atoms with van der Waals surface area (Å²) in [4.78, 5) is 25.8. The van der Waals surface area contributed by atoms with Gasteiger partial charge in [-0.25, -0.2) is 9.78 Å². The number of pyridine rings is 1. The van der Waals surface area contributed by atoms with Crippen LogP contribution in [0, 0.1) is 10.1 Å². The van der Waals surface area contributed by atoms with Gasteiger partial charge in [-0.1, -0.05) is 17.8 Å². The number of benzene rings is 1. The molecule has 1 heterocycles. The van der Waals surface area contributed by atoms with Gasteiger partial charge in [0.2, 0.25) is 0 Å². The molecule has 0 bridgehead atoms. The zero-order valence-electron chi connectivity index (χ0n) is 9.82. The molecule has 102 valence electrons. The highest BCUT2D eigenvalue weighted by Gasteiger charge is 2.24. The second-order valence-corrected chi connectivity index (χ2v) is 5.61. The van der Waals surface area contributed by atoms with Crippen molar-refractivity contribution >= 4 is 39.3 Å². The number of aromatic nitrogens is 1. The number of nitro benzene ring substituents is 1. The molecular weight excluding hydrogens is 348 g/mol. The van der Waals surface area contributed by atoms with Crippen molar-refractivity contribution in [1.29, 1.82) is 0 Å². The summed E-state index contributed by atoms with van der Waals surface area (Å²) in [5, 5.41) is 20.6. The fourth-order valence-corrected chi connectivity index (χ4v) is 2.63. The Morgan fingerprint density at radius 1 is 1.35 bits per heavy atom. The molecule has 6 nitrogen and oxygen atoms in total. The minimum Gasteiger partial charge on any atom is -0.477 e. The molecule has 2 rings (SSSR count). The summed E-state index contributed by atoms with van der Waals surface area (Å²) >= 11 is 4.29. The van der Waals surface area contributed by atoms with E-state index in [-0.39, 0.29) is 10.5 Å². The third kappa shape index (κ3) is 3.14. The molecule has 0 unspecified atom stereocenters. The van der Waals surface area contributed by atoms with Crippen molar-refractivity contribution in [3.63, 3.8) is 0 Å². The number of hydrogen-bond donors (Lipinski definition) is 1. The first-order chi connectivity index (χ1) is 9.49. The predicted molar refractivity (Wildman–Crippen MR) is 76.1 cm³/mol. The monoisotopic (exact) mass is 354 g/mol. The number of hydrogen-bond acceptors (Lipinski definition) is 5. The van der Waals surface area contributed by atoms with Gasteiger partial charge in [0, 0.05) is 10.7 Å². The molecule has 0 saturated heterocycles. The van der Waals surface area contributed by atoms with Crippen LogP contribution in [0.1, 0.15) is 10.4 Å². The Bertz CT molecular complexity index is 676. The van der Waals surface area contributed by atoms with Crippen LogP contribution in [0.5, 0.6) is 0 Å². The minimum atomic E-state index is -1.33. The van der Waals surface area contributed by atoms with E-state index in [1.807, 2.05) is 0 Å². The van der Waals surface area contributed by atoms with Crippen LogP contribution >= 0.6 is 27.7 Å². The average molecular weight is 355 g/mol. The number of nitrogens with zero attached hydrogens (tertiary/aromatic N) is 2. The Labute approximate surface area is 126 Å². The first-order valence-corrected chi connectivity index (χ1v) is 6.90. The highest BCUT2D eigenvalue weighted by atomic mass is 79.9. The predicted octanol–water partition coefficient (Wildman–Crippen LogP) is 3.60. The summed E-state index contributed by atoms with van der Waals surface area (Å²) in [5.74, 6) is -1.33. The quantitative estimate of drug-likeness (QED) is 0.665. The minimum absolute atomic E-state index is 0.240. The molecule has 0 aliphatic heterocycles. The van der Waals surface area contributed by atoms with Gasteiger partial charge >= 0.3 is 5.97 Å². The smallest absolute Gasteiger partial charge is 0.342 e. The number of nitro groups is 1. The Morgan fingerprint density at radius 3 is 2.65 bits per heavy atom. The van der Waals surface area contributed by atoms with Crippen molar-refractivity contribution < 1.29 is 14.8 Å². The van der Waals surface area contributed by atoms with Gasteiger partial charge in [0.25, 0.3) is 5.69 Å². The number of halogens is 1. The summed E-state index contributed by atoms with van der Waals surface area (Å²) in [6.45, 7) is 0. The average Bonchev–Trinajstić information content (AvgIpc) is 2.40. The van der Waals surface area contributed by atoms with E-state index in [1.54, 1.807) is 18.3 Å². The lowest BCUT2D eigenvalue weighted by molar-refractivity contribution is -0.388. The second kappa shape index (κ2) is 6.02. The molecule has 0 fully saturated rings. The van der Waals surface area contributed by atoms with E-state index in [9.17, 15) is 14.9 Å². The Hall–Kier alpha value is -1.93. The lowest BCUT2D eigenvalue weighted by atomic mass is 10.2. The molecule has 0 atom stereocenters. The molecule has 2 aromatic rings. The van der Waals surface area contributed by atoms with Gasteiger partial charge in [-0.15, -0.1) is 0 Å². The van der Waals surface area contributed by atoms with Crippen LogP contribution in [0.25, 0.3) is 0 Å². The van der Waals surface area contributed by atoms with Crippen LogP contribution in [0.4, 0.5) is 5.69 Å². The van der Waals surface area contributed by atoms with Crippen molar-refractivity contribution in [2.75, 3.05) is 0 Å². The fourth-order valence-electron chi connectivity index (χ4n) is 1.50. The SMILES string of the molecule is O=C(O)c1cccc(Sc2ccc(Br)cn2)c1[N+](=O)[O-]. The molecule has 1 N–H and O–H groups in total. The summed E-state index contributed by atoms with van der Waals surface area (Å²) in [5.41, 5.74) is -0.758. The fraction of sp³-hybridized carbons (Fsp3) is 0. The van der Waals surface area contributed by atoms with Gasteiger partial charge in [-0.2, -0.15) is 0 Å². The van der Waals surface area contributed by atoms with Crippen LogP contribution in [0.15, 0.2) is 50.9 Å². The molecule has 0 aliphatic carbocycles. The first kappa shape index (κ1) is 14.5. The topological polar surface area (TPSA) is 93.3 Å². The van der Waals surface area contributed by atoms with E-state index in [0.29, 0.717) is 5.03 Å². The first-order valence-electron chi connectivity index (χ1n) is 5.29. The normalized spacial score (nSPS) is 10.2. The van der Waals surface area contributed by atoms with Crippen LogP contribution in [-0.4, -0.2) is 21.0 Å².